The second-order valence-electron chi connectivity index (χ2n) is 7.99. The van der Waals surface area contributed by atoms with Crippen LogP contribution >= 0.6 is 22.9 Å². The molecule has 0 atom stereocenters. The molecule has 0 saturated carbocycles. The molecule has 9 nitrogen and oxygen atoms in total. The summed E-state index contributed by atoms with van der Waals surface area (Å²) in [6.07, 6.45) is -0.443. The second-order valence-corrected chi connectivity index (χ2v) is 11.3. The fraction of sp³-hybridized carbons (Fsp3) is 0.348. The van der Waals surface area contributed by atoms with E-state index in [1.54, 1.807) is 6.92 Å². The number of fused-ring (bicyclic) bond motifs is 1. The number of benzene rings is 2. The van der Waals surface area contributed by atoms with Crippen LogP contribution in [0.4, 0.5) is 4.79 Å². The summed E-state index contributed by atoms with van der Waals surface area (Å²) in [6, 6.07) is 9.45. The normalized spacial score (nSPS) is 15.5. The molecule has 1 aliphatic rings. The maximum Gasteiger partial charge on any atom is 0.409 e. The number of sulfonamides is 1. The van der Waals surface area contributed by atoms with Gasteiger partial charge in [-0.15, -0.1) is 0 Å². The van der Waals surface area contributed by atoms with E-state index < -0.39 is 22.0 Å². The predicted octanol–water partition coefficient (Wildman–Crippen LogP) is 3.41. The summed E-state index contributed by atoms with van der Waals surface area (Å²) in [5.74, 6) is -0.470. The van der Waals surface area contributed by atoms with Crippen molar-refractivity contribution in [2.24, 2.45) is 12.0 Å². The lowest BCUT2D eigenvalue weighted by Crippen LogP contribution is -2.50. The van der Waals surface area contributed by atoms with Gasteiger partial charge in [0, 0.05) is 43.8 Å². The zero-order valence-corrected chi connectivity index (χ0v) is 21.9. The number of hydrogen-bond donors (Lipinski definition) is 0. The molecule has 1 aromatic heterocycles. The summed E-state index contributed by atoms with van der Waals surface area (Å²) in [5.41, 5.74) is 2.11. The van der Waals surface area contributed by atoms with Crippen molar-refractivity contribution in [3.8, 4) is 0 Å². The number of hydrogen-bond acceptors (Lipinski definition) is 6. The van der Waals surface area contributed by atoms with E-state index in [1.165, 1.54) is 44.8 Å². The number of aryl methyl sites for hydroxylation is 2. The molecule has 4 rings (SSSR count). The predicted molar refractivity (Wildman–Crippen MR) is 134 cm³/mol. The third kappa shape index (κ3) is 4.99. The van der Waals surface area contributed by atoms with E-state index in [1.807, 2.05) is 30.7 Å². The first-order chi connectivity index (χ1) is 16.6. The zero-order chi connectivity index (χ0) is 25.3. The van der Waals surface area contributed by atoms with Crippen LogP contribution in [0.2, 0.25) is 5.02 Å². The maximum atomic E-state index is 13.0. The highest BCUT2D eigenvalue weighted by Gasteiger charge is 2.30. The molecule has 3 aromatic rings. The molecule has 12 heteroatoms. The lowest BCUT2D eigenvalue weighted by atomic mass is 10.2. The van der Waals surface area contributed by atoms with Crippen LogP contribution in [0, 0.1) is 6.92 Å². The third-order valence-electron chi connectivity index (χ3n) is 5.85. The van der Waals surface area contributed by atoms with Crippen LogP contribution in [0.15, 0.2) is 46.3 Å². The van der Waals surface area contributed by atoms with Gasteiger partial charge >= 0.3 is 6.09 Å². The fourth-order valence-corrected chi connectivity index (χ4v) is 6.56. The Labute approximate surface area is 212 Å². The maximum absolute atomic E-state index is 13.0. The molecule has 0 spiro atoms. The first-order valence-electron chi connectivity index (χ1n) is 11.0. The van der Waals surface area contributed by atoms with E-state index in [0.29, 0.717) is 9.82 Å². The van der Waals surface area contributed by atoms with Crippen LogP contribution in [0.5, 0.6) is 0 Å². The van der Waals surface area contributed by atoms with Crippen molar-refractivity contribution >= 4 is 55.2 Å². The van der Waals surface area contributed by atoms with Crippen molar-refractivity contribution in [2.75, 3.05) is 32.8 Å². The molecule has 0 aliphatic carbocycles. The van der Waals surface area contributed by atoms with Gasteiger partial charge in [0.15, 0.2) is 4.80 Å². The van der Waals surface area contributed by atoms with E-state index in [4.69, 9.17) is 16.3 Å². The monoisotopic (exact) mass is 536 g/mol. The molecule has 0 radical (unpaired) electrons. The Morgan fingerprint density at radius 3 is 2.37 bits per heavy atom. The van der Waals surface area contributed by atoms with E-state index in [-0.39, 0.29) is 43.2 Å². The lowest BCUT2D eigenvalue weighted by Gasteiger charge is -2.33. The van der Waals surface area contributed by atoms with Gasteiger partial charge in [-0.1, -0.05) is 22.9 Å². The highest BCUT2D eigenvalue weighted by Crippen LogP contribution is 2.26. The van der Waals surface area contributed by atoms with Crippen molar-refractivity contribution in [3.63, 3.8) is 0 Å². The average molecular weight is 537 g/mol. The van der Waals surface area contributed by atoms with Gasteiger partial charge in [-0.05, 0) is 55.8 Å². The molecule has 186 valence electrons. The Bertz CT molecular complexity index is 1450. The number of amides is 2. The second kappa shape index (κ2) is 10.1. The van der Waals surface area contributed by atoms with Crippen LogP contribution in [-0.4, -0.2) is 67.0 Å². The topological polar surface area (TPSA) is 101 Å². The van der Waals surface area contributed by atoms with Gasteiger partial charge in [-0.3, -0.25) is 4.79 Å². The highest BCUT2D eigenvalue weighted by molar-refractivity contribution is 7.89. The minimum Gasteiger partial charge on any atom is -0.450 e. The smallest absolute Gasteiger partial charge is 0.409 e. The highest BCUT2D eigenvalue weighted by atomic mass is 35.5. The SMILES string of the molecule is CCOC(=O)N1CCN(S(=O)(=O)c2ccc(C(=O)N=c3sc4ccc(Cl)c(C)c4n3C)cc2)CC1. The standard InChI is InChI=1S/C23H25ClN4O5S2/c1-4-33-23(30)27-11-13-28(14-12-27)35(31,32)17-7-5-16(6-8-17)21(29)25-22-26(3)20-15(2)18(24)9-10-19(20)34-22/h5-10H,4,11-14H2,1-3H3. The Morgan fingerprint density at radius 1 is 1.09 bits per heavy atom. The number of ether oxygens (including phenoxy) is 1. The molecule has 0 N–H and O–H groups in total. The Morgan fingerprint density at radius 2 is 1.74 bits per heavy atom. The number of halogens is 1. The van der Waals surface area contributed by atoms with Crippen LogP contribution in [-0.2, 0) is 21.8 Å². The summed E-state index contributed by atoms with van der Waals surface area (Å²) < 4.78 is 35.2. The average Bonchev–Trinajstić information content (AvgIpc) is 3.17. The van der Waals surface area contributed by atoms with Gasteiger partial charge in [0.2, 0.25) is 10.0 Å². The summed E-state index contributed by atoms with van der Waals surface area (Å²) in [4.78, 5) is 31.0. The summed E-state index contributed by atoms with van der Waals surface area (Å²) >= 11 is 7.61. The molecule has 2 heterocycles. The largest absolute Gasteiger partial charge is 0.450 e. The molecule has 1 fully saturated rings. The van der Waals surface area contributed by atoms with E-state index in [9.17, 15) is 18.0 Å². The fourth-order valence-electron chi connectivity index (χ4n) is 3.91. The molecule has 1 aliphatic heterocycles. The molecule has 1 saturated heterocycles. The summed E-state index contributed by atoms with van der Waals surface area (Å²) in [5, 5.41) is 0.642. The molecular formula is C23H25ClN4O5S2. The molecule has 2 amide bonds. The molecule has 2 aromatic carbocycles. The molecule has 35 heavy (non-hydrogen) atoms. The third-order valence-corrected chi connectivity index (χ3v) is 9.27. The van der Waals surface area contributed by atoms with Gasteiger partial charge in [0.05, 0.1) is 21.7 Å². The van der Waals surface area contributed by atoms with Crippen molar-refractivity contribution in [1.82, 2.24) is 13.8 Å². The number of piperazine rings is 1. The number of aromatic nitrogens is 1. The molecule has 0 unspecified atom stereocenters. The minimum atomic E-state index is -3.76. The van der Waals surface area contributed by atoms with Crippen molar-refractivity contribution < 1.29 is 22.7 Å². The van der Waals surface area contributed by atoms with E-state index in [2.05, 4.69) is 4.99 Å². The summed E-state index contributed by atoms with van der Waals surface area (Å²) in [7, 11) is -1.93. The molecular weight excluding hydrogens is 512 g/mol. The minimum absolute atomic E-state index is 0.0799. The van der Waals surface area contributed by atoms with Crippen LogP contribution in [0.1, 0.15) is 22.8 Å². The number of rotatable bonds is 4. The number of carbonyl (C=O) groups excluding carboxylic acids is 2. The first kappa shape index (κ1) is 25.4. The molecule has 0 bridgehead atoms. The van der Waals surface area contributed by atoms with Crippen molar-refractivity contribution in [1.29, 1.82) is 0 Å². The first-order valence-corrected chi connectivity index (χ1v) is 13.6. The van der Waals surface area contributed by atoms with Crippen LogP contribution in [0.3, 0.4) is 0 Å². The van der Waals surface area contributed by atoms with Gasteiger partial charge in [-0.25, -0.2) is 13.2 Å². The zero-order valence-electron chi connectivity index (χ0n) is 19.5. The lowest BCUT2D eigenvalue weighted by molar-refractivity contribution is 0.0933. The van der Waals surface area contributed by atoms with Crippen LogP contribution in [0.25, 0.3) is 10.2 Å². The quantitative estimate of drug-likeness (QED) is 0.508. The van der Waals surface area contributed by atoms with Gasteiger partial charge in [0.25, 0.3) is 5.91 Å². The number of carbonyl (C=O) groups is 2. The van der Waals surface area contributed by atoms with Gasteiger partial charge < -0.3 is 14.2 Å². The summed E-state index contributed by atoms with van der Waals surface area (Å²) in [6.45, 7) is 4.75. The van der Waals surface area contributed by atoms with Crippen molar-refractivity contribution in [2.45, 2.75) is 18.7 Å². The van der Waals surface area contributed by atoms with E-state index >= 15 is 0 Å². The van der Waals surface area contributed by atoms with Crippen LogP contribution < -0.4 is 4.80 Å². The van der Waals surface area contributed by atoms with Crippen molar-refractivity contribution in [3.05, 3.63) is 57.3 Å². The van der Waals surface area contributed by atoms with Gasteiger partial charge in [-0.2, -0.15) is 9.30 Å². The van der Waals surface area contributed by atoms with E-state index in [0.717, 1.165) is 15.8 Å². The Balaban J connectivity index is 1.52. The Hall–Kier alpha value is -2.73. The Kier molecular flexibility index (Phi) is 7.32. The van der Waals surface area contributed by atoms with Gasteiger partial charge in [0.1, 0.15) is 0 Å². The number of nitrogens with zero attached hydrogens (tertiary/aromatic N) is 4. The number of thiazole rings is 1.